The van der Waals surface area contributed by atoms with Gasteiger partial charge >= 0.3 is 0 Å². The van der Waals surface area contributed by atoms with Crippen molar-refractivity contribution in [2.24, 2.45) is 5.73 Å². The molecule has 6 heteroatoms. The fourth-order valence-electron chi connectivity index (χ4n) is 1.97. The van der Waals surface area contributed by atoms with Crippen LogP contribution < -0.4 is 5.73 Å². The molecule has 1 aliphatic heterocycles. The summed E-state index contributed by atoms with van der Waals surface area (Å²) in [6, 6.07) is -0.000113. The van der Waals surface area contributed by atoms with Gasteiger partial charge in [-0.3, -0.25) is 0 Å². The Morgan fingerprint density at radius 2 is 1.88 bits per heavy atom. The molecule has 2 N–H and O–H groups in total. The van der Waals surface area contributed by atoms with Crippen LogP contribution in [0.1, 0.15) is 33.1 Å². The highest BCUT2D eigenvalue weighted by Crippen LogP contribution is 2.16. The molecule has 0 aromatic heterocycles. The smallest absolute Gasteiger partial charge is 0.282 e. The van der Waals surface area contributed by atoms with Crippen LogP contribution in [0.5, 0.6) is 0 Å². The zero-order valence-corrected chi connectivity index (χ0v) is 11.0. The van der Waals surface area contributed by atoms with Crippen molar-refractivity contribution in [3.05, 3.63) is 0 Å². The molecule has 0 aromatic carbocycles. The van der Waals surface area contributed by atoms with Gasteiger partial charge in [-0.1, -0.05) is 13.8 Å². The van der Waals surface area contributed by atoms with E-state index in [1.807, 2.05) is 13.8 Å². The van der Waals surface area contributed by atoms with Crippen LogP contribution in [0.2, 0.25) is 0 Å². The van der Waals surface area contributed by atoms with Crippen molar-refractivity contribution in [2.75, 3.05) is 26.2 Å². The standard InChI is InChI=1S/C10H23N3O2S/c1-3-6-12(7-4-2)16(14,15)13-8-5-10(11)9-13/h10H,3-9,11H2,1-2H3/t10-/m0/s1. The van der Waals surface area contributed by atoms with Gasteiger partial charge in [-0.05, 0) is 19.3 Å². The number of hydrogen-bond donors (Lipinski definition) is 1. The van der Waals surface area contributed by atoms with Crippen LogP contribution in [-0.2, 0) is 10.2 Å². The summed E-state index contributed by atoms with van der Waals surface area (Å²) in [5, 5.41) is 0. The summed E-state index contributed by atoms with van der Waals surface area (Å²) in [5.74, 6) is 0. The first kappa shape index (κ1) is 13.9. The lowest BCUT2D eigenvalue weighted by Gasteiger charge is -2.26. The van der Waals surface area contributed by atoms with Gasteiger partial charge in [0.05, 0.1) is 0 Å². The van der Waals surface area contributed by atoms with Crippen molar-refractivity contribution >= 4 is 10.2 Å². The van der Waals surface area contributed by atoms with Crippen molar-refractivity contribution in [2.45, 2.75) is 39.2 Å². The summed E-state index contributed by atoms with van der Waals surface area (Å²) in [5.41, 5.74) is 5.75. The van der Waals surface area contributed by atoms with Crippen LogP contribution >= 0.6 is 0 Å². The quantitative estimate of drug-likeness (QED) is 0.740. The van der Waals surface area contributed by atoms with Crippen molar-refractivity contribution < 1.29 is 8.42 Å². The molecule has 0 amide bonds. The molecule has 0 spiro atoms. The SMILES string of the molecule is CCCN(CCC)S(=O)(=O)N1CC[C@H](N)C1. The Labute approximate surface area is 98.8 Å². The maximum absolute atomic E-state index is 12.3. The lowest BCUT2D eigenvalue weighted by molar-refractivity contribution is 0.357. The Balaban J connectivity index is 2.72. The van der Waals surface area contributed by atoms with Gasteiger partial charge in [0, 0.05) is 32.2 Å². The van der Waals surface area contributed by atoms with E-state index in [1.165, 1.54) is 4.31 Å². The molecule has 1 fully saturated rings. The topological polar surface area (TPSA) is 66.6 Å². The van der Waals surface area contributed by atoms with Crippen molar-refractivity contribution in [1.29, 1.82) is 0 Å². The first-order valence-corrected chi connectivity index (χ1v) is 7.42. The molecule has 0 aromatic rings. The molecule has 0 radical (unpaired) electrons. The third-order valence-electron chi connectivity index (χ3n) is 2.79. The minimum Gasteiger partial charge on any atom is -0.326 e. The van der Waals surface area contributed by atoms with Crippen LogP contribution in [0.4, 0.5) is 0 Å². The molecule has 5 nitrogen and oxygen atoms in total. The van der Waals surface area contributed by atoms with Crippen molar-refractivity contribution in [1.82, 2.24) is 8.61 Å². The Bertz CT molecular complexity index is 299. The second-order valence-electron chi connectivity index (χ2n) is 4.31. The molecule has 1 aliphatic rings. The van der Waals surface area contributed by atoms with Gasteiger partial charge in [-0.25, -0.2) is 0 Å². The molecule has 1 saturated heterocycles. The average Bonchev–Trinajstić information content (AvgIpc) is 2.65. The van der Waals surface area contributed by atoms with E-state index in [9.17, 15) is 8.42 Å². The summed E-state index contributed by atoms with van der Waals surface area (Å²) in [4.78, 5) is 0. The normalized spacial score (nSPS) is 23.1. The van der Waals surface area contributed by atoms with Gasteiger partial charge < -0.3 is 5.73 Å². The summed E-state index contributed by atoms with van der Waals surface area (Å²) in [6.45, 7) is 6.21. The summed E-state index contributed by atoms with van der Waals surface area (Å²) in [7, 11) is -3.27. The molecule has 1 heterocycles. The minimum absolute atomic E-state index is 0.000113. The highest BCUT2D eigenvalue weighted by Gasteiger charge is 2.33. The van der Waals surface area contributed by atoms with Gasteiger partial charge in [0.2, 0.25) is 0 Å². The summed E-state index contributed by atoms with van der Waals surface area (Å²) < 4.78 is 27.6. The molecule has 0 saturated carbocycles. The fraction of sp³-hybridized carbons (Fsp3) is 1.00. The van der Waals surface area contributed by atoms with E-state index in [0.717, 1.165) is 19.3 Å². The van der Waals surface area contributed by atoms with Crippen molar-refractivity contribution in [3.8, 4) is 0 Å². The Kier molecular flexibility index (Phi) is 5.17. The molecule has 0 bridgehead atoms. The average molecular weight is 249 g/mol. The third-order valence-corrected chi connectivity index (χ3v) is 4.79. The number of hydrogen-bond acceptors (Lipinski definition) is 3. The predicted molar refractivity (Wildman–Crippen MR) is 65.2 cm³/mol. The number of nitrogens with two attached hydrogens (primary N) is 1. The maximum atomic E-state index is 12.3. The zero-order valence-electron chi connectivity index (χ0n) is 10.2. The first-order chi connectivity index (χ1) is 7.52. The molecule has 0 aliphatic carbocycles. The van der Waals surface area contributed by atoms with Crippen LogP contribution in [0.15, 0.2) is 0 Å². The fourth-order valence-corrected chi connectivity index (χ4v) is 3.84. The lowest BCUT2D eigenvalue weighted by atomic mass is 10.3. The highest BCUT2D eigenvalue weighted by atomic mass is 32.2. The molecule has 16 heavy (non-hydrogen) atoms. The Morgan fingerprint density at radius 1 is 1.31 bits per heavy atom. The second-order valence-corrected chi connectivity index (χ2v) is 6.24. The molecule has 1 rings (SSSR count). The second kappa shape index (κ2) is 5.95. The predicted octanol–water partition coefficient (Wildman–Crippen LogP) is 0.386. The van der Waals surface area contributed by atoms with E-state index in [1.54, 1.807) is 4.31 Å². The maximum Gasteiger partial charge on any atom is 0.282 e. The van der Waals surface area contributed by atoms with Crippen molar-refractivity contribution in [3.63, 3.8) is 0 Å². The zero-order chi connectivity index (χ0) is 12.2. The van der Waals surface area contributed by atoms with E-state index in [-0.39, 0.29) is 6.04 Å². The number of nitrogens with zero attached hydrogens (tertiary/aromatic N) is 2. The van der Waals surface area contributed by atoms with Gasteiger partial charge in [0.25, 0.3) is 10.2 Å². The van der Waals surface area contributed by atoms with E-state index in [2.05, 4.69) is 0 Å². The molecule has 0 unspecified atom stereocenters. The minimum atomic E-state index is -3.27. The first-order valence-electron chi connectivity index (χ1n) is 6.03. The van der Waals surface area contributed by atoms with Crippen LogP contribution in [0.25, 0.3) is 0 Å². The van der Waals surface area contributed by atoms with Gasteiger partial charge in [-0.2, -0.15) is 17.0 Å². The van der Waals surface area contributed by atoms with Crippen LogP contribution in [0.3, 0.4) is 0 Å². The lowest BCUT2D eigenvalue weighted by Crippen LogP contribution is -2.44. The molecule has 96 valence electrons. The van der Waals surface area contributed by atoms with Gasteiger partial charge in [0.15, 0.2) is 0 Å². The van der Waals surface area contributed by atoms with E-state index in [4.69, 9.17) is 5.73 Å². The summed E-state index contributed by atoms with van der Waals surface area (Å²) in [6.07, 6.45) is 2.46. The number of rotatable bonds is 6. The van der Waals surface area contributed by atoms with E-state index < -0.39 is 10.2 Å². The molecular formula is C10H23N3O2S. The Hall–Kier alpha value is -0.170. The summed E-state index contributed by atoms with van der Waals surface area (Å²) >= 11 is 0. The van der Waals surface area contributed by atoms with Gasteiger partial charge in [0.1, 0.15) is 0 Å². The van der Waals surface area contributed by atoms with E-state index >= 15 is 0 Å². The van der Waals surface area contributed by atoms with E-state index in [0.29, 0.717) is 26.2 Å². The Morgan fingerprint density at radius 3 is 2.25 bits per heavy atom. The third kappa shape index (κ3) is 3.16. The monoisotopic (exact) mass is 249 g/mol. The van der Waals surface area contributed by atoms with Crippen LogP contribution in [-0.4, -0.2) is 49.2 Å². The largest absolute Gasteiger partial charge is 0.326 e. The van der Waals surface area contributed by atoms with Gasteiger partial charge in [-0.15, -0.1) is 0 Å². The van der Waals surface area contributed by atoms with Crippen LogP contribution in [0, 0.1) is 0 Å². The molecular weight excluding hydrogens is 226 g/mol. The highest BCUT2D eigenvalue weighted by molar-refractivity contribution is 7.86. The molecule has 1 atom stereocenters.